The average Bonchev–Trinajstić information content (AvgIpc) is 2.83. The van der Waals surface area contributed by atoms with Crippen LogP contribution in [0.2, 0.25) is 0 Å². The summed E-state index contributed by atoms with van der Waals surface area (Å²) in [4.78, 5) is 12.0. The highest BCUT2D eigenvalue weighted by Gasteiger charge is 2.84. The lowest BCUT2D eigenvalue weighted by Gasteiger charge is -2.36. The Kier molecular flexibility index (Phi) is 3.84. The van der Waals surface area contributed by atoms with Gasteiger partial charge in [-0.1, -0.05) is 6.42 Å². The summed E-state index contributed by atoms with van der Waals surface area (Å²) in [5.74, 6) is -5.06. The van der Waals surface area contributed by atoms with Gasteiger partial charge in [0.05, 0.1) is 0 Å². The van der Waals surface area contributed by atoms with Crippen LogP contribution in [-0.4, -0.2) is 35.9 Å². The monoisotopic (exact) mass is 354 g/mol. The highest BCUT2D eigenvalue weighted by molar-refractivity contribution is 7.88. The first-order valence-corrected chi connectivity index (χ1v) is 7.82. The van der Waals surface area contributed by atoms with Gasteiger partial charge in [-0.15, -0.1) is 0 Å². The fraction of sp³-hybridized carbons (Fsp3) is 0.909. The SMILES string of the molecule is O=C(C1CC2CCC1C2)C(C(F)(F)F)(C(F)(F)F)S(=O)(=O)O. The molecule has 2 aliphatic carbocycles. The van der Waals surface area contributed by atoms with Crippen molar-refractivity contribution < 1.29 is 44.1 Å². The second-order valence-electron chi connectivity index (χ2n) is 5.80. The topological polar surface area (TPSA) is 71.4 Å². The van der Waals surface area contributed by atoms with Crippen molar-refractivity contribution in [3.63, 3.8) is 0 Å². The summed E-state index contributed by atoms with van der Waals surface area (Å²) in [5.41, 5.74) is 0. The van der Waals surface area contributed by atoms with E-state index in [1.807, 2.05) is 0 Å². The molecule has 0 spiro atoms. The van der Waals surface area contributed by atoms with Crippen LogP contribution < -0.4 is 0 Å². The quantitative estimate of drug-likeness (QED) is 0.625. The number of rotatable bonds is 3. The largest absolute Gasteiger partial charge is 0.426 e. The molecule has 3 unspecified atom stereocenters. The summed E-state index contributed by atoms with van der Waals surface area (Å²) < 4.78 is 103. The first kappa shape index (κ1) is 17.5. The molecule has 22 heavy (non-hydrogen) atoms. The minimum atomic E-state index is -6.79. The Balaban J connectivity index is 2.61. The highest BCUT2D eigenvalue weighted by Crippen LogP contribution is 2.56. The number of hydrogen-bond donors (Lipinski definition) is 1. The fourth-order valence-corrected chi connectivity index (χ4v) is 4.68. The molecule has 0 aromatic heterocycles. The van der Waals surface area contributed by atoms with Gasteiger partial charge in [0, 0.05) is 5.92 Å². The van der Waals surface area contributed by atoms with Crippen LogP contribution in [0.4, 0.5) is 26.3 Å². The Bertz CT molecular complexity index is 564. The van der Waals surface area contributed by atoms with Crippen LogP contribution in [0.1, 0.15) is 25.7 Å². The number of carbonyl (C=O) groups is 1. The zero-order chi connectivity index (χ0) is 17.1. The Morgan fingerprint density at radius 2 is 1.45 bits per heavy atom. The third-order valence-corrected chi connectivity index (χ3v) is 6.05. The van der Waals surface area contributed by atoms with Gasteiger partial charge in [0.1, 0.15) is 0 Å². The van der Waals surface area contributed by atoms with Crippen molar-refractivity contribution in [2.24, 2.45) is 17.8 Å². The molecule has 2 fully saturated rings. The van der Waals surface area contributed by atoms with Crippen molar-refractivity contribution in [1.82, 2.24) is 0 Å². The molecular formula is C11H12F6O4S. The predicted molar refractivity (Wildman–Crippen MR) is 60.3 cm³/mol. The molecule has 0 aromatic rings. The zero-order valence-electron chi connectivity index (χ0n) is 10.9. The van der Waals surface area contributed by atoms with Crippen molar-refractivity contribution in [1.29, 1.82) is 0 Å². The average molecular weight is 354 g/mol. The first-order chi connectivity index (χ1) is 9.73. The standard InChI is InChI=1S/C11H12F6O4S/c12-10(13,14)9(11(15,16)17,22(19,20)21)8(18)7-4-5-1-2-6(7)3-5/h5-7H,1-4H2,(H,19,20,21). The Morgan fingerprint density at radius 3 is 1.73 bits per heavy atom. The maximum Gasteiger partial charge on any atom is 0.426 e. The van der Waals surface area contributed by atoms with Crippen LogP contribution in [0.3, 0.4) is 0 Å². The van der Waals surface area contributed by atoms with Crippen molar-refractivity contribution in [3.05, 3.63) is 0 Å². The van der Waals surface area contributed by atoms with Gasteiger partial charge >= 0.3 is 17.1 Å². The fourth-order valence-electron chi connectivity index (χ4n) is 3.69. The normalized spacial score (nSPS) is 29.9. The van der Waals surface area contributed by atoms with Crippen LogP contribution in [0.5, 0.6) is 0 Å². The van der Waals surface area contributed by atoms with Gasteiger partial charge in [0.25, 0.3) is 10.1 Å². The molecule has 11 heteroatoms. The van der Waals surface area contributed by atoms with E-state index in [0.717, 1.165) is 0 Å². The second-order valence-corrected chi connectivity index (χ2v) is 7.36. The molecule has 2 rings (SSSR count). The van der Waals surface area contributed by atoms with Crippen LogP contribution in [0.25, 0.3) is 0 Å². The number of halogens is 6. The van der Waals surface area contributed by atoms with Crippen molar-refractivity contribution in [3.8, 4) is 0 Å². The molecule has 0 amide bonds. The van der Waals surface area contributed by atoms with E-state index in [9.17, 15) is 39.6 Å². The van der Waals surface area contributed by atoms with E-state index in [-0.39, 0.29) is 18.8 Å². The molecule has 0 heterocycles. The minimum absolute atomic E-state index is 0.181. The molecule has 128 valence electrons. The molecule has 0 aliphatic heterocycles. The van der Waals surface area contributed by atoms with E-state index < -0.39 is 44.8 Å². The maximum absolute atomic E-state index is 13.0. The van der Waals surface area contributed by atoms with E-state index in [2.05, 4.69) is 0 Å². The zero-order valence-corrected chi connectivity index (χ0v) is 11.7. The molecule has 2 aliphatic rings. The van der Waals surface area contributed by atoms with Crippen molar-refractivity contribution in [2.75, 3.05) is 0 Å². The molecule has 0 saturated heterocycles. The smallest absolute Gasteiger partial charge is 0.297 e. The number of ketones is 1. The molecular weight excluding hydrogens is 342 g/mol. The molecule has 2 bridgehead atoms. The van der Waals surface area contributed by atoms with E-state index in [1.165, 1.54) is 0 Å². The van der Waals surface area contributed by atoms with Gasteiger partial charge in [0.2, 0.25) is 0 Å². The lowest BCUT2D eigenvalue weighted by Crippen LogP contribution is -2.68. The van der Waals surface area contributed by atoms with Gasteiger partial charge in [-0.2, -0.15) is 34.8 Å². The predicted octanol–water partition coefficient (Wildman–Crippen LogP) is 2.74. The van der Waals surface area contributed by atoms with Crippen molar-refractivity contribution in [2.45, 2.75) is 42.8 Å². The summed E-state index contributed by atoms with van der Waals surface area (Å²) in [6.07, 6.45) is -12.1. The van der Waals surface area contributed by atoms with Gasteiger partial charge in [-0.25, -0.2) is 0 Å². The van der Waals surface area contributed by atoms with Gasteiger partial charge in [-0.3, -0.25) is 9.35 Å². The van der Waals surface area contributed by atoms with E-state index >= 15 is 0 Å². The summed E-state index contributed by atoms with van der Waals surface area (Å²) in [6.45, 7) is 0. The number of carbonyl (C=O) groups excluding carboxylic acids is 1. The second kappa shape index (κ2) is 4.83. The number of alkyl halides is 6. The Morgan fingerprint density at radius 1 is 0.955 bits per heavy atom. The van der Waals surface area contributed by atoms with Crippen LogP contribution in [-0.2, 0) is 14.9 Å². The highest BCUT2D eigenvalue weighted by atomic mass is 32.2. The van der Waals surface area contributed by atoms with Crippen LogP contribution >= 0.6 is 0 Å². The number of hydrogen-bond acceptors (Lipinski definition) is 3. The summed E-state index contributed by atoms with van der Waals surface area (Å²) in [6, 6.07) is 0. The lowest BCUT2D eigenvalue weighted by molar-refractivity contribution is -0.262. The maximum atomic E-state index is 13.0. The summed E-state index contributed by atoms with van der Waals surface area (Å²) >= 11 is 0. The van der Waals surface area contributed by atoms with Gasteiger partial charge < -0.3 is 0 Å². The van der Waals surface area contributed by atoms with Gasteiger partial charge in [0.15, 0.2) is 5.78 Å². The van der Waals surface area contributed by atoms with Crippen LogP contribution in [0, 0.1) is 17.8 Å². The molecule has 4 nitrogen and oxygen atoms in total. The van der Waals surface area contributed by atoms with E-state index in [4.69, 9.17) is 4.55 Å². The Hall–Kier alpha value is -0.840. The number of fused-ring (bicyclic) bond motifs is 2. The molecule has 2 saturated carbocycles. The molecule has 3 atom stereocenters. The molecule has 0 aromatic carbocycles. The van der Waals surface area contributed by atoms with Crippen molar-refractivity contribution >= 4 is 15.9 Å². The van der Waals surface area contributed by atoms with E-state index in [1.54, 1.807) is 0 Å². The third kappa shape index (κ3) is 2.24. The number of Topliss-reactive ketones (excluding diaryl/α,β-unsaturated/α-hetero) is 1. The Labute approximate surface area is 121 Å². The summed E-state index contributed by atoms with van der Waals surface area (Å²) in [5, 5.41) is 0. The minimum Gasteiger partial charge on any atom is -0.297 e. The van der Waals surface area contributed by atoms with E-state index in [0.29, 0.717) is 12.8 Å². The third-order valence-electron chi connectivity index (χ3n) is 4.61. The summed E-state index contributed by atoms with van der Waals surface area (Å²) in [7, 11) is -6.79. The van der Waals surface area contributed by atoms with Crippen LogP contribution in [0.15, 0.2) is 0 Å². The molecule has 0 radical (unpaired) electrons. The van der Waals surface area contributed by atoms with Gasteiger partial charge in [-0.05, 0) is 31.1 Å². The lowest BCUT2D eigenvalue weighted by atomic mass is 9.80. The first-order valence-electron chi connectivity index (χ1n) is 6.38. The molecule has 1 N–H and O–H groups in total.